The van der Waals surface area contributed by atoms with Crippen molar-refractivity contribution in [2.75, 3.05) is 11.1 Å². The van der Waals surface area contributed by atoms with E-state index in [0.717, 1.165) is 24.1 Å². The van der Waals surface area contributed by atoms with Crippen molar-refractivity contribution in [1.82, 2.24) is 15.3 Å². The molecule has 1 aliphatic rings. The number of rotatable bonds is 5. The molecule has 30 heavy (non-hydrogen) atoms. The first kappa shape index (κ1) is 19.8. The molecule has 7 nitrogen and oxygen atoms in total. The number of benzene rings is 1. The minimum absolute atomic E-state index is 0.251. The predicted octanol–water partition coefficient (Wildman–Crippen LogP) is 4.25. The molecule has 0 radical (unpaired) electrons. The van der Waals surface area contributed by atoms with E-state index in [2.05, 4.69) is 20.6 Å². The van der Waals surface area contributed by atoms with E-state index in [1.54, 1.807) is 18.3 Å². The van der Waals surface area contributed by atoms with E-state index >= 15 is 0 Å². The standard InChI is InChI=1S/C22H21ClN6O/c1-13-10-14(6-9-26-13)20(25)17-12-27-19(11-18(17)24)28-21(30)29-22(7-8-22)15-2-4-16(23)5-3-15/h2-6,9-12,25H,7-8H2,1H3,(H4,24,27,28,29,30). The van der Waals surface area contributed by atoms with Gasteiger partial charge in [0.05, 0.1) is 11.3 Å². The van der Waals surface area contributed by atoms with Gasteiger partial charge in [-0.1, -0.05) is 23.7 Å². The number of nitrogens with two attached hydrogens (primary N) is 1. The second-order valence-electron chi connectivity index (χ2n) is 7.39. The zero-order valence-electron chi connectivity index (χ0n) is 16.4. The molecule has 1 saturated carbocycles. The molecular formula is C22H21ClN6O. The predicted molar refractivity (Wildman–Crippen MR) is 118 cm³/mol. The Labute approximate surface area is 179 Å². The first-order chi connectivity index (χ1) is 14.4. The van der Waals surface area contributed by atoms with Gasteiger partial charge in [0.25, 0.3) is 0 Å². The van der Waals surface area contributed by atoms with Crippen molar-refractivity contribution in [2.24, 2.45) is 0 Å². The van der Waals surface area contributed by atoms with Crippen molar-refractivity contribution >= 4 is 34.8 Å². The number of nitrogens with one attached hydrogen (secondary N) is 3. The van der Waals surface area contributed by atoms with E-state index in [9.17, 15) is 4.79 Å². The van der Waals surface area contributed by atoms with Crippen molar-refractivity contribution in [3.63, 3.8) is 0 Å². The number of hydrogen-bond acceptors (Lipinski definition) is 5. The number of pyridine rings is 2. The fourth-order valence-corrected chi connectivity index (χ4v) is 3.48. The molecule has 2 aromatic heterocycles. The van der Waals surface area contributed by atoms with Gasteiger partial charge in [0, 0.05) is 46.0 Å². The molecule has 0 bridgehead atoms. The Hall–Kier alpha value is -3.45. The van der Waals surface area contributed by atoms with Crippen LogP contribution in [-0.4, -0.2) is 21.7 Å². The lowest BCUT2D eigenvalue weighted by Gasteiger charge is -2.18. The number of hydrogen-bond donors (Lipinski definition) is 4. The molecule has 0 aliphatic heterocycles. The maximum Gasteiger partial charge on any atom is 0.321 e. The number of nitrogen functional groups attached to an aromatic ring is 1. The van der Waals surface area contributed by atoms with Gasteiger partial charge < -0.3 is 11.1 Å². The molecule has 0 spiro atoms. The van der Waals surface area contributed by atoms with Crippen molar-refractivity contribution in [3.05, 3.63) is 82.3 Å². The van der Waals surface area contributed by atoms with Gasteiger partial charge in [-0.05, 0) is 49.6 Å². The van der Waals surface area contributed by atoms with Crippen LogP contribution in [0, 0.1) is 12.3 Å². The Bertz CT molecular complexity index is 1120. The molecule has 2 heterocycles. The molecule has 152 valence electrons. The minimum Gasteiger partial charge on any atom is -0.398 e. The number of carbonyl (C=O) groups excluding carboxylic acids is 1. The summed E-state index contributed by atoms with van der Waals surface area (Å²) < 4.78 is 0. The van der Waals surface area contributed by atoms with E-state index in [1.807, 2.05) is 37.3 Å². The molecule has 5 N–H and O–H groups in total. The molecule has 8 heteroatoms. The highest BCUT2D eigenvalue weighted by molar-refractivity contribution is 6.30. The van der Waals surface area contributed by atoms with E-state index in [0.29, 0.717) is 27.7 Å². The van der Waals surface area contributed by atoms with Crippen LogP contribution in [0.1, 0.15) is 35.2 Å². The molecule has 4 rings (SSSR count). The highest BCUT2D eigenvalue weighted by Gasteiger charge is 2.45. The average Bonchev–Trinajstić information content (AvgIpc) is 3.48. The van der Waals surface area contributed by atoms with Crippen LogP contribution in [-0.2, 0) is 5.54 Å². The van der Waals surface area contributed by atoms with Gasteiger partial charge in [0.2, 0.25) is 0 Å². The lowest BCUT2D eigenvalue weighted by atomic mass is 10.0. The summed E-state index contributed by atoms with van der Waals surface area (Å²) in [7, 11) is 0. The van der Waals surface area contributed by atoms with E-state index in [4.69, 9.17) is 22.7 Å². The Morgan fingerprint density at radius 3 is 2.53 bits per heavy atom. The maximum atomic E-state index is 12.5. The summed E-state index contributed by atoms with van der Waals surface area (Å²) in [6.45, 7) is 1.86. The fourth-order valence-electron chi connectivity index (χ4n) is 3.35. The molecule has 1 aromatic carbocycles. The molecule has 0 unspecified atom stereocenters. The summed E-state index contributed by atoms with van der Waals surface area (Å²) >= 11 is 5.95. The third-order valence-corrected chi connectivity index (χ3v) is 5.38. The number of carbonyl (C=O) groups is 1. The average molecular weight is 421 g/mol. The summed E-state index contributed by atoms with van der Waals surface area (Å²) in [6.07, 6.45) is 4.87. The maximum absolute atomic E-state index is 12.5. The summed E-state index contributed by atoms with van der Waals surface area (Å²) in [5, 5.41) is 14.8. The van der Waals surface area contributed by atoms with Gasteiger partial charge in [0.15, 0.2) is 0 Å². The molecule has 0 saturated heterocycles. The number of aromatic nitrogens is 2. The summed E-state index contributed by atoms with van der Waals surface area (Å²) in [4.78, 5) is 20.9. The zero-order chi connectivity index (χ0) is 21.3. The topological polar surface area (TPSA) is 117 Å². The van der Waals surface area contributed by atoms with Crippen LogP contribution in [0.2, 0.25) is 5.02 Å². The van der Waals surface area contributed by atoms with Gasteiger partial charge >= 0.3 is 6.03 Å². The number of nitrogens with zero attached hydrogens (tertiary/aromatic N) is 2. The van der Waals surface area contributed by atoms with Crippen molar-refractivity contribution < 1.29 is 4.79 Å². The van der Waals surface area contributed by atoms with Crippen LogP contribution in [0.4, 0.5) is 16.3 Å². The molecule has 1 aliphatic carbocycles. The van der Waals surface area contributed by atoms with E-state index in [1.165, 1.54) is 6.20 Å². The van der Waals surface area contributed by atoms with Crippen LogP contribution in [0.3, 0.4) is 0 Å². The SMILES string of the molecule is Cc1cc(C(=N)c2cnc(NC(=O)NC3(c4ccc(Cl)cc4)CC3)cc2N)ccn1. The molecule has 2 amide bonds. The monoisotopic (exact) mass is 420 g/mol. The molecule has 1 fully saturated rings. The second kappa shape index (κ2) is 7.76. The Kier molecular flexibility index (Phi) is 5.13. The number of halogens is 1. The van der Waals surface area contributed by atoms with Crippen LogP contribution < -0.4 is 16.4 Å². The first-order valence-corrected chi connectivity index (χ1v) is 9.87. The zero-order valence-corrected chi connectivity index (χ0v) is 17.1. The number of anilines is 2. The van der Waals surface area contributed by atoms with Crippen molar-refractivity contribution in [1.29, 1.82) is 5.41 Å². The van der Waals surface area contributed by atoms with Crippen LogP contribution in [0.5, 0.6) is 0 Å². The number of aryl methyl sites for hydroxylation is 1. The van der Waals surface area contributed by atoms with Gasteiger partial charge in [-0.15, -0.1) is 0 Å². The minimum atomic E-state index is -0.374. The molecular weight excluding hydrogens is 400 g/mol. The lowest BCUT2D eigenvalue weighted by Crippen LogP contribution is -2.38. The summed E-state index contributed by atoms with van der Waals surface area (Å²) in [5.41, 5.74) is 9.40. The van der Waals surface area contributed by atoms with Crippen LogP contribution in [0.25, 0.3) is 0 Å². The Morgan fingerprint density at radius 2 is 1.90 bits per heavy atom. The van der Waals surface area contributed by atoms with Crippen LogP contribution in [0.15, 0.2) is 54.9 Å². The van der Waals surface area contributed by atoms with E-state index in [-0.39, 0.29) is 17.3 Å². The highest BCUT2D eigenvalue weighted by atomic mass is 35.5. The van der Waals surface area contributed by atoms with Gasteiger partial charge in [-0.3, -0.25) is 15.7 Å². The quantitative estimate of drug-likeness (QED) is 0.461. The molecule has 3 aromatic rings. The summed E-state index contributed by atoms with van der Waals surface area (Å²) in [5.74, 6) is 0.319. The van der Waals surface area contributed by atoms with Crippen molar-refractivity contribution in [3.8, 4) is 0 Å². The highest BCUT2D eigenvalue weighted by Crippen LogP contribution is 2.45. The third kappa shape index (κ3) is 4.11. The molecule has 0 atom stereocenters. The summed E-state index contributed by atoms with van der Waals surface area (Å²) in [6, 6.07) is 12.2. The second-order valence-corrected chi connectivity index (χ2v) is 7.82. The van der Waals surface area contributed by atoms with Gasteiger partial charge in [-0.2, -0.15) is 0 Å². The normalized spacial score (nSPS) is 14.1. The fraction of sp³-hybridized carbons (Fsp3) is 0.182. The van der Waals surface area contributed by atoms with Crippen LogP contribution >= 0.6 is 11.6 Å². The van der Waals surface area contributed by atoms with Gasteiger partial charge in [-0.25, -0.2) is 9.78 Å². The Balaban J connectivity index is 1.45. The lowest BCUT2D eigenvalue weighted by molar-refractivity contribution is 0.247. The smallest absolute Gasteiger partial charge is 0.321 e. The largest absolute Gasteiger partial charge is 0.398 e. The van der Waals surface area contributed by atoms with Gasteiger partial charge in [0.1, 0.15) is 5.82 Å². The number of urea groups is 1. The Morgan fingerprint density at radius 1 is 1.17 bits per heavy atom. The number of amides is 2. The van der Waals surface area contributed by atoms with Crippen molar-refractivity contribution in [2.45, 2.75) is 25.3 Å². The third-order valence-electron chi connectivity index (χ3n) is 5.13. The van der Waals surface area contributed by atoms with E-state index < -0.39 is 0 Å². The first-order valence-electron chi connectivity index (χ1n) is 9.49.